The van der Waals surface area contributed by atoms with E-state index in [-0.39, 0.29) is 38.1 Å². The van der Waals surface area contributed by atoms with E-state index in [9.17, 15) is 19.6 Å². The predicted molar refractivity (Wildman–Crippen MR) is 139 cm³/mol. The Morgan fingerprint density at radius 2 is 1.81 bits per heavy atom. The van der Waals surface area contributed by atoms with Gasteiger partial charge < -0.3 is 20.1 Å². The molecular weight excluding hydrogens is 549 g/mol. The smallest absolute Gasteiger partial charge is 0.319 e. The highest BCUT2D eigenvalue weighted by Crippen LogP contribution is 2.44. The maximum Gasteiger partial charge on any atom is 0.319 e. The van der Waals surface area contributed by atoms with Gasteiger partial charge in [0.1, 0.15) is 5.92 Å². The minimum absolute atomic E-state index is 0.0607. The van der Waals surface area contributed by atoms with Crippen LogP contribution in [0.15, 0.2) is 47.0 Å². The van der Waals surface area contributed by atoms with Crippen molar-refractivity contribution in [1.82, 2.24) is 5.32 Å². The first kappa shape index (κ1) is 27.7. The van der Waals surface area contributed by atoms with Crippen molar-refractivity contribution in [3.8, 4) is 11.8 Å². The molecule has 1 aliphatic rings. The SMILES string of the molecule is CCOc1c(Cl)cc([C@@H]2C(C#N)=C(SCC(=O)Nc3ccc(Cl)cc3)NC(=O)[C@@H]2C(=O)OC)cc1Cl. The number of esters is 1. The lowest BCUT2D eigenvalue weighted by Gasteiger charge is -2.31. The molecule has 0 fully saturated rings. The van der Waals surface area contributed by atoms with E-state index in [0.717, 1.165) is 18.9 Å². The number of anilines is 1. The molecule has 2 aromatic carbocycles. The van der Waals surface area contributed by atoms with Gasteiger partial charge in [-0.1, -0.05) is 46.6 Å². The van der Waals surface area contributed by atoms with Crippen LogP contribution in [-0.2, 0) is 19.1 Å². The fraction of sp³-hybridized carbons (Fsp3) is 0.250. The number of hydrogen-bond donors (Lipinski definition) is 2. The van der Waals surface area contributed by atoms with Crippen molar-refractivity contribution in [3.63, 3.8) is 0 Å². The second-order valence-electron chi connectivity index (χ2n) is 7.41. The Morgan fingerprint density at radius 3 is 2.36 bits per heavy atom. The molecule has 0 radical (unpaired) electrons. The molecule has 0 bridgehead atoms. The number of thioether (sulfide) groups is 1. The molecule has 188 valence electrons. The average Bonchev–Trinajstić information content (AvgIpc) is 2.85. The molecule has 0 aromatic heterocycles. The third-order valence-electron chi connectivity index (χ3n) is 5.13. The maximum atomic E-state index is 13.0. The third kappa shape index (κ3) is 6.26. The van der Waals surface area contributed by atoms with Crippen molar-refractivity contribution in [1.29, 1.82) is 5.26 Å². The fourth-order valence-corrected chi connectivity index (χ4v) is 5.18. The molecule has 2 N–H and O–H groups in total. The minimum Gasteiger partial charge on any atom is -0.491 e. The van der Waals surface area contributed by atoms with Crippen LogP contribution >= 0.6 is 46.6 Å². The van der Waals surface area contributed by atoms with Crippen LogP contribution in [0.4, 0.5) is 5.69 Å². The highest BCUT2D eigenvalue weighted by molar-refractivity contribution is 8.03. The molecule has 3 rings (SSSR count). The molecule has 0 saturated heterocycles. The highest BCUT2D eigenvalue weighted by Gasteiger charge is 2.44. The van der Waals surface area contributed by atoms with Gasteiger partial charge in [-0.2, -0.15) is 5.26 Å². The number of rotatable bonds is 8. The largest absolute Gasteiger partial charge is 0.491 e. The Labute approximate surface area is 226 Å². The number of allylic oxidation sites excluding steroid dienone is 1. The molecule has 8 nitrogen and oxygen atoms in total. The zero-order valence-corrected chi connectivity index (χ0v) is 22.1. The molecule has 2 amide bonds. The van der Waals surface area contributed by atoms with Gasteiger partial charge in [0.15, 0.2) is 5.75 Å². The van der Waals surface area contributed by atoms with Crippen molar-refractivity contribution in [2.45, 2.75) is 12.8 Å². The minimum atomic E-state index is -1.37. The lowest BCUT2D eigenvalue weighted by atomic mass is 9.78. The van der Waals surface area contributed by atoms with E-state index in [1.54, 1.807) is 31.2 Å². The molecule has 0 spiro atoms. The van der Waals surface area contributed by atoms with Crippen molar-refractivity contribution in [2.24, 2.45) is 5.92 Å². The lowest BCUT2D eigenvalue weighted by Crippen LogP contribution is -2.44. The highest BCUT2D eigenvalue weighted by atomic mass is 35.5. The van der Waals surface area contributed by atoms with Gasteiger partial charge in [-0.15, -0.1) is 0 Å². The predicted octanol–water partition coefficient (Wildman–Crippen LogP) is 5.16. The van der Waals surface area contributed by atoms with Gasteiger partial charge in [-0.25, -0.2) is 0 Å². The number of carbonyl (C=O) groups excluding carboxylic acids is 3. The van der Waals surface area contributed by atoms with E-state index in [4.69, 9.17) is 44.3 Å². The van der Waals surface area contributed by atoms with Crippen LogP contribution in [0.2, 0.25) is 15.1 Å². The number of methoxy groups -OCH3 is 1. The van der Waals surface area contributed by atoms with Crippen molar-refractivity contribution >= 4 is 70.0 Å². The summed E-state index contributed by atoms with van der Waals surface area (Å²) in [5.74, 6) is -4.20. The summed E-state index contributed by atoms with van der Waals surface area (Å²) in [4.78, 5) is 38.0. The second kappa shape index (κ2) is 12.4. The number of benzene rings is 2. The zero-order chi connectivity index (χ0) is 26.4. The number of nitrogens with zero attached hydrogens (tertiary/aromatic N) is 1. The molecule has 0 aliphatic carbocycles. The summed E-state index contributed by atoms with van der Waals surface area (Å²) in [7, 11) is 1.14. The quantitative estimate of drug-likeness (QED) is 0.334. The fourth-order valence-electron chi connectivity index (χ4n) is 3.59. The molecule has 12 heteroatoms. The van der Waals surface area contributed by atoms with Crippen molar-refractivity contribution in [2.75, 3.05) is 24.8 Å². The van der Waals surface area contributed by atoms with Crippen molar-refractivity contribution < 1.29 is 23.9 Å². The Bertz CT molecular complexity index is 1240. The van der Waals surface area contributed by atoms with Gasteiger partial charge in [0.25, 0.3) is 0 Å². The first-order valence-electron chi connectivity index (χ1n) is 10.5. The van der Waals surface area contributed by atoms with Gasteiger partial charge in [-0.05, 0) is 48.9 Å². The molecule has 1 heterocycles. The van der Waals surface area contributed by atoms with Crippen LogP contribution in [-0.4, -0.2) is 37.3 Å². The van der Waals surface area contributed by atoms with Crippen LogP contribution in [0.5, 0.6) is 5.75 Å². The molecule has 0 saturated carbocycles. The van der Waals surface area contributed by atoms with E-state index >= 15 is 0 Å². The van der Waals surface area contributed by atoms with E-state index in [0.29, 0.717) is 22.9 Å². The van der Waals surface area contributed by atoms with Crippen LogP contribution < -0.4 is 15.4 Å². The monoisotopic (exact) mass is 567 g/mol. The average molecular weight is 569 g/mol. The summed E-state index contributed by atoms with van der Waals surface area (Å²) < 4.78 is 10.3. The molecular formula is C24H20Cl3N3O5S. The normalized spacial score (nSPS) is 17.2. The summed E-state index contributed by atoms with van der Waals surface area (Å²) in [6.45, 7) is 2.08. The van der Waals surface area contributed by atoms with E-state index in [1.165, 1.54) is 12.1 Å². The number of hydrogen-bond acceptors (Lipinski definition) is 7. The summed E-state index contributed by atoms with van der Waals surface area (Å²) >= 11 is 19.5. The summed E-state index contributed by atoms with van der Waals surface area (Å²) in [6, 6.07) is 11.6. The Morgan fingerprint density at radius 1 is 1.17 bits per heavy atom. The van der Waals surface area contributed by atoms with Gasteiger partial charge in [0, 0.05) is 16.6 Å². The van der Waals surface area contributed by atoms with E-state index in [2.05, 4.69) is 16.7 Å². The topological polar surface area (TPSA) is 118 Å². The van der Waals surface area contributed by atoms with Crippen LogP contribution in [0.1, 0.15) is 18.4 Å². The number of carbonyl (C=O) groups is 3. The number of ether oxygens (including phenoxy) is 2. The van der Waals surface area contributed by atoms with Gasteiger partial charge in [0.05, 0.1) is 46.2 Å². The Hall–Kier alpha value is -2.90. The van der Waals surface area contributed by atoms with E-state index < -0.39 is 23.7 Å². The third-order valence-corrected chi connectivity index (χ3v) is 6.96. The van der Waals surface area contributed by atoms with Gasteiger partial charge in [-0.3, -0.25) is 14.4 Å². The number of amides is 2. The summed E-state index contributed by atoms with van der Waals surface area (Å²) in [5, 5.41) is 16.3. The van der Waals surface area contributed by atoms with Crippen LogP contribution in [0.25, 0.3) is 0 Å². The lowest BCUT2D eigenvalue weighted by molar-refractivity contribution is -0.150. The standard InChI is InChI=1S/C24H20Cl3N3O5S/c1-3-35-21-16(26)8-12(9-17(21)27)19-15(10-28)23(30-22(32)20(19)24(33)34-2)36-11-18(31)29-14-6-4-13(25)5-7-14/h4-9,19-20H,3,11H2,1-2H3,(H,29,31)(H,30,32)/t19-,20-/m1/s1. The molecule has 2 aromatic rings. The van der Waals surface area contributed by atoms with E-state index in [1.807, 2.05) is 0 Å². The molecule has 0 unspecified atom stereocenters. The van der Waals surface area contributed by atoms with Gasteiger partial charge >= 0.3 is 5.97 Å². The maximum absolute atomic E-state index is 13.0. The summed E-state index contributed by atoms with van der Waals surface area (Å²) in [5.41, 5.74) is 0.944. The van der Waals surface area contributed by atoms with Crippen LogP contribution in [0.3, 0.4) is 0 Å². The first-order valence-corrected chi connectivity index (χ1v) is 12.6. The number of halogens is 3. The second-order valence-corrected chi connectivity index (χ2v) is 9.65. The van der Waals surface area contributed by atoms with Crippen molar-refractivity contribution in [3.05, 3.63) is 67.6 Å². The van der Waals surface area contributed by atoms with Crippen LogP contribution in [0, 0.1) is 17.2 Å². The Balaban J connectivity index is 1.96. The number of nitriles is 1. The molecule has 1 aliphatic heterocycles. The molecule has 36 heavy (non-hydrogen) atoms. The number of nitrogens with one attached hydrogen (secondary N) is 2. The first-order chi connectivity index (χ1) is 17.2. The molecule has 2 atom stereocenters. The zero-order valence-electron chi connectivity index (χ0n) is 19.1. The Kier molecular flexibility index (Phi) is 9.51. The van der Waals surface area contributed by atoms with Gasteiger partial charge in [0.2, 0.25) is 11.8 Å². The summed E-state index contributed by atoms with van der Waals surface area (Å²) in [6.07, 6.45) is 0.